The molecule has 0 spiro atoms. The molecule has 0 saturated heterocycles. The number of benzene rings is 2. The van der Waals surface area contributed by atoms with E-state index >= 15 is 0 Å². The summed E-state index contributed by atoms with van der Waals surface area (Å²) in [7, 11) is -3.39. The first-order chi connectivity index (χ1) is 11.9. The van der Waals surface area contributed by atoms with E-state index in [1.807, 2.05) is 31.2 Å². The molecule has 0 aliphatic carbocycles. The van der Waals surface area contributed by atoms with Crippen molar-refractivity contribution >= 4 is 45.5 Å². The minimum Gasteiger partial charge on any atom is -0.370 e. The van der Waals surface area contributed by atoms with Crippen LogP contribution in [-0.4, -0.2) is 26.2 Å². The molecule has 0 amide bonds. The van der Waals surface area contributed by atoms with Gasteiger partial charge in [-0.05, 0) is 42.7 Å². The van der Waals surface area contributed by atoms with Crippen molar-refractivity contribution < 1.29 is 8.42 Å². The van der Waals surface area contributed by atoms with Crippen molar-refractivity contribution in [2.24, 2.45) is 10.7 Å². The summed E-state index contributed by atoms with van der Waals surface area (Å²) >= 11 is 0. The summed E-state index contributed by atoms with van der Waals surface area (Å²) < 4.78 is 25.0. The van der Waals surface area contributed by atoms with Gasteiger partial charge in [0.25, 0.3) is 0 Å². The zero-order chi connectivity index (χ0) is 18.3. The molecule has 0 aliphatic rings. The van der Waals surface area contributed by atoms with Crippen LogP contribution in [0.5, 0.6) is 0 Å². The summed E-state index contributed by atoms with van der Waals surface area (Å²) in [5.74, 6) is 0.161. The summed E-state index contributed by atoms with van der Waals surface area (Å²) in [6.45, 7) is 3.98. The van der Waals surface area contributed by atoms with E-state index in [4.69, 9.17) is 5.73 Å². The van der Waals surface area contributed by atoms with Crippen LogP contribution in [-0.2, 0) is 16.3 Å². The first-order valence-corrected chi connectivity index (χ1v) is 10.1. The smallest absolute Gasteiger partial charge is 0.193 e. The van der Waals surface area contributed by atoms with Crippen LogP contribution >= 0.6 is 24.0 Å². The van der Waals surface area contributed by atoms with Gasteiger partial charge in [0, 0.05) is 5.69 Å². The Kier molecular flexibility index (Phi) is 9.07. The van der Waals surface area contributed by atoms with Crippen LogP contribution in [0.15, 0.2) is 64.5 Å². The van der Waals surface area contributed by atoms with Crippen LogP contribution in [0.4, 0.5) is 5.69 Å². The number of nitrogens with two attached hydrogens (primary N) is 1. The Balaban J connectivity index is 0.00000338. The van der Waals surface area contributed by atoms with Crippen LogP contribution in [0.2, 0.25) is 0 Å². The van der Waals surface area contributed by atoms with Gasteiger partial charge >= 0.3 is 0 Å². The summed E-state index contributed by atoms with van der Waals surface area (Å²) in [6, 6.07) is 15.9. The number of aryl methyl sites for hydroxylation is 1. The Labute approximate surface area is 173 Å². The van der Waals surface area contributed by atoms with Crippen LogP contribution in [0, 0.1) is 0 Å². The van der Waals surface area contributed by atoms with E-state index in [1.54, 1.807) is 30.3 Å². The fourth-order valence-corrected chi connectivity index (χ4v) is 4.05. The Morgan fingerprint density at radius 2 is 1.81 bits per heavy atom. The monoisotopic (exact) mass is 487 g/mol. The average molecular weight is 487 g/mol. The van der Waals surface area contributed by atoms with Gasteiger partial charge < -0.3 is 11.1 Å². The molecule has 2 rings (SSSR count). The minimum absolute atomic E-state index is 0. The third kappa shape index (κ3) is 6.60. The lowest BCUT2D eigenvalue weighted by Gasteiger charge is -2.13. The summed E-state index contributed by atoms with van der Waals surface area (Å²) in [5.41, 5.74) is 8.02. The first-order valence-electron chi connectivity index (χ1n) is 8.41. The molecule has 2 aromatic carbocycles. The molecule has 0 aromatic heterocycles. The fourth-order valence-electron chi connectivity index (χ4n) is 2.47. The van der Waals surface area contributed by atoms with Gasteiger partial charge in [-0.25, -0.2) is 13.4 Å². The second kappa shape index (κ2) is 10.5. The SMILES string of the molecule is CCc1cccc(NC(N)=NC(CC)CS(=O)(=O)c2ccccc2)c1.I. The van der Waals surface area contributed by atoms with Crippen molar-refractivity contribution in [3.05, 3.63) is 60.2 Å². The van der Waals surface area contributed by atoms with Gasteiger partial charge in [-0.15, -0.1) is 24.0 Å². The Morgan fingerprint density at radius 1 is 1.12 bits per heavy atom. The molecule has 7 heteroatoms. The molecule has 0 heterocycles. The maximum atomic E-state index is 12.5. The first kappa shape index (κ1) is 22.4. The largest absolute Gasteiger partial charge is 0.370 e. The summed E-state index contributed by atoms with van der Waals surface area (Å²) in [4.78, 5) is 4.67. The molecule has 5 nitrogen and oxygen atoms in total. The molecule has 0 saturated carbocycles. The van der Waals surface area contributed by atoms with Crippen molar-refractivity contribution in [3.8, 4) is 0 Å². The van der Waals surface area contributed by atoms with E-state index in [0.29, 0.717) is 11.3 Å². The van der Waals surface area contributed by atoms with Crippen LogP contribution in [0.3, 0.4) is 0 Å². The minimum atomic E-state index is -3.39. The number of sulfone groups is 1. The third-order valence-electron chi connectivity index (χ3n) is 3.91. The predicted molar refractivity (Wildman–Crippen MR) is 119 cm³/mol. The molecular weight excluding hydrogens is 461 g/mol. The number of nitrogens with one attached hydrogen (secondary N) is 1. The second-order valence-electron chi connectivity index (χ2n) is 5.85. The highest BCUT2D eigenvalue weighted by molar-refractivity contribution is 14.0. The molecule has 142 valence electrons. The summed E-state index contributed by atoms with van der Waals surface area (Å²) in [6.07, 6.45) is 1.52. The topological polar surface area (TPSA) is 84.5 Å². The highest BCUT2D eigenvalue weighted by Gasteiger charge is 2.20. The quantitative estimate of drug-likeness (QED) is 0.353. The zero-order valence-electron chi connectivity index (χ0n) is 15.1. The molecule has 2 aromatic rings. The second-order valence-corrected chi connectivity index (χ2v) is 7.88. The number of anilines is 1. The van der Waals surface area contributed by atoms with Crippen molar-refractivity contribution in [2.75, 3.05) is 11.1 Å². The number of rotatable bonds is 7. The lowest BCUT2D eigenvalue weighted by atomic mass is 10.1. The Bertz CT molecular complexity index is 824. The molecule has 1 atom stereocenters. The van der Waals surface area contributed by atoms with Crippen molar-refractivity contribution in [2.45, 2.75) is 37.6 Å². The number of nitrogens with zero attached hydrogens (tertiary/aromatic N) is 1. The van der Waals surface area contributed by atoms with Gasteiger partial charge in [0.15, 0.2) is 15.8 Å². The van der Waals surface area contributed by atoms with Crippen molar-refractivity contribution in [1.82, 2.24) is 0 Å². The standard InChI is InChI=1S/C19H25N3O2S.HI/c1-3-15-9-8-10-17(13-15)22-19(20)21-16(4-2)14-25(23,24)18-11-6-5-7-12-18;/h5-13,16H,3-4,14H2,1-2H3,(H3,20,21,22);1H. The average Bonchev–Trinajstić information content (AvgIpc) is 2.61. The fraction of sp³-hybridized carbons (Fsp3) is 0.316. The number of hydrogen-bond acceptors (Lipinski definition) is 3. The maximum absolute atomic E-state index is 12.5. The number of aliphatic imine (C=N–C) groups is 1. The van der Waals surface area contributed by atoms with Gasteiger partial charge in [0.1, 0.15) is 0 Å². The molecular formula is C19H26IN3O2S. The number of halogens is 1. The number of hydrogen-bond donors (Lipinski definition) is 2. The predicted octanol–water partition coefficient (Wildman–Crippen LogP) is 3.85. The zero-order valence-corrected chi connectivity index (χ0v) is 18.2. The highest BCUT2D eigenvalue weighted by Crippen LogP contribution is 2.15. The van der Waals surface area contributed by atoms with E-state index < -0.39 is 15.9 Å². The van der Waals surface area contributed by atoms with E-state index in [2.05, 4.69) is 17.2 Å². The third-order valence-corrected chi connectivity index (χ3v) is 5.73. The van der Waals surface area contributed by atoms with E-state index in [0.717, 1.165) is 12.1 Å². The van der Waals surface area contributed by atoms with E-state index in [-0.39, 0.29) is 35.7 Å². The lowest BCUT2D eigenvalue weighted by molar-refractivity contribution is 0.584. The normalized spacial score (nSPS) is 12.9. The van der Waals surface area contributed by atoms with Gasteiger partial charge in [0.05, 0.1) is 16.7 Å². The van der Waals surface area contributed by atoms with Gasteiger partial charge in [-0.3, -0.25) is 0 Å². The van der Waals surface area contributed by atoms with Crippen LogP contribution in [0.1, 0.15) is 25.8 Å². The van der Waals surface area contributed by atoms with Crippen LogP contribution in [0.25, 0.3) is 0 Å². The van der Waals surface area contributed by atoms with Gasteiger partial charge in [-0.2, -0.15) is 0 Å². The molecule has 0 fully saturated rings. The van der Waals surface area contributed by atoms with Crippen molar-refractivity contribution in [1.29, 1.82) is 0 Å². The number of guanidine groups is 1. The molecule has 3 N–H and O–H groups in total. The Morgan fingerprint density at radius 3 is 2.42 bits per heavy atom. The lowest BCUT2D eigenvalue weighted by Crippen LogP contribution is -2.28. The molecule has 0 radical (unpaired) electrons. The molecule has 0 aliphatic heterocycles. The van der Waals surface area contributed by atoms with E-state index in [1.165, 1.54) is 5.56 Å². The maximum Gasteiger partial charge on any atom is 0.193 e. The highest BCUT2D eigenvalue weighted by atomic mass is 127. The molecule has 26 heavy (non-hydrogen) atoms. The van der Waals surface area contributed by atoms with Crippen LogP contribution < -0.4 is 11.1 Å². The summed E-state index contributed by atoms with van der Waals surface area (Å²) in [5, 5.41) is 3.04. The van der Waals surface area contributed by atoms with Crippen molar-refractivity contribution in [3.63, 3.8) is 0 Å². The Hall–Kier alpha value is -1.61. The van der Waals surface area contributed by atoms with E-state index in [9.17, 15) is 8.42 Å². The molecule has 0 bridgehead atoms. The molecule has 1 unspecified atom stereocenters. The van der Waals surface area contributed by atoms with Gasteiger partial charge in [0.2, 0.25) is 0 Å². The van der Waals surface area contributed by atoms with Gasteiger partial charge in [-0.1, -0.05) is 44.2 Å².